The van der Waals surface area contributed by atoms with Crippen LogP contribution in [0.5, 0.6) is 0 Å². The van der Waals surface area contributed by atoms with Crippen molar-refractivity contribution in [2.75, 3.05) is 0 Å². The van der Waals surface area contributed by atoms with Gasteiger partial charge in [-0.15, -0.1) is 11.3 Å². The Hall–Kier alpha value is -3.23. The van der Waals surface area contributed by atoms with E-state index in [1.165, 1.54) is 17.7 Å². The number of aldehydes is 1. The Bertz CT molecular complexity index is 1170. The molecule has 7 nitrogen and oxygen atoms in total. The van der Waals surface area contributed by atoms with Gasteiger partial charge in [0.2, 0.25) is 0 Å². The van der Waals surface area contributed by atoms with E-state index in [1.54, 1.807) is 31.3 Å². The molecule has 0 radical (unpaired) electrons. The first-order valence-corrected chi connectivity index (χ1v) is 9.85. The quantitative estimate of drug-likeness (QED) is 0.348. The Balaban J connectivity index is 1.94. The van der Waals surface area contributed by atoms with E-state index < -0.39 is 5.92 Å². The number of nitrogens with one attached hydrogen (secondary N) is 2. The Kier molecular flexibility index (Phi) is 5.28. The largest absolute Gasteiger partial charge is 0.309 e. The highest BCUT2D eigenvalue weighted by molar-refractivity contribution is 7.15. The number of carbonyl (C=O) groups is 1. The van der Waals surface area contributed by atoms with E-state index in [-0.39, 0.29) is 0 Å². The van der Waals surface area contributed by atoms with Crippen LogP contribution in [-0.4, -0.2) is 37.1 Å². The molecule has 0 aliphatic rings. The van der Waals surface area contributed by atoms with Gasteiger partial charge in [0, 0.05) is 23.0 Å². The van der Waals surface area contributed by atoms with Gasteiger partial charge in [0.1, 0.15) is 17.6 Å². The Morgan fingerprint density at radius 1 is 1.28 bits per heavy atom. The molecule has 1 aromatic carbocycles. The van der Waals surface area contributed by atoms with Crippen molar-refractivity contribution in [3.8, 4) is 22.0 Å². The van der Waals surface area contributed by atoms with Crippen molar-refractivity contribution in [2.24, 2.45) is 0 Å². The zero-order valence-electron chi connectivity index (χ0n) is 15.3. The molecule has 0 saturated heterocycles. The number of hydrogen-bond acceptors (Lipinski definition) is 7. The fourth-order valence-electron chi connectivity index (χ4n) is 3.00. The van der Waals surface area contributed by atoms with Gasteiger partial charge in [-0.25, -0.2) is 9.97 Å². The van der Waals surface area contributed by atoms with Gasteiger partial charge in [-0.05, 0) is 31.2 Å². The first-order valence-electron chi connectivity index (χ1n) is 8.66. The molecule has 0 spiro atoms. The summed E-state index contributed by atoms with van der Waals surface area (Å²) in [6.07, 6.45) is 3.88. The summed E-state index contributed by atoms with van der Waals surface area (Å²) in [5.74, 6) is 0.142. The summed E-state index contributed by atoms with van der Waals surface area (Å²) in [7, 11) is 0. The lowest BCUT2D eigenvalue weighted by atomic mass is 10.0. The smallest absolute Gasteiger partial charge is 0.167 e. The van der Waals surface area contributed by atoms with E-state index in [2.05, 4.69) is 20.2 Å². The molecule has 0 amide bonds. The lowest BCUT2D eigenvalue weighted by Crippen LogP contribution is -2.11. The van der Waals surface area contributed by atoms with Crippen LogP contribution in [-0.2, 0) is 0 Å². The van der Waals surface area contributed by atoms with Crippen LogP contribution >= 0.6 is 22.9 Å². The molecule has 144 valence electrons. The number of pyridine rings is 1. The highest BCUT2D eigenvalue weighted by Gasteiger charge is 2.26. The maximum Gasteiger partial charge on any atom is 0.167 e. The number of carbonyl (C=O) groups excluding carboxylic acids is 1. The highest BCUT2D eigenvalue weighted by Crippen LogP contribution is 2.41. The molecular weight excluding hydrogens is 408 g/mol. The molecule has 3 heterocycles. The van der Waals surface area contributed by atoms with Gasteiger partial charge in [0.05, 0.1) is 27.2 Å². The molecule has 0 aliphatic heterocycles. The van der Waals surface area contributed by atoms with Gasteiger partial charge in [-0.2, -0.15) is 5.10 Å². The molecule has 29 heavy (non-hydrogen) atoms. The SMILES string of the molecule is CC(=N)C(c1ccccn1)c1nc(-c2cc(C=O)ccc2Cl)c(-c2ncn[nH]2)s1. The molecule has 0 bridgehead atoms. The van der Waals surface area contributed by atoms with Crippen LogP contribution in [0, 0.1) is 5.41 Å². The van der Waals surface area contributed by atoms with Gasteiger partial charge in [0.25, 0.3) is 0 Å². The maximum absolute atomic E-state index is 11.3. The van der Waals surface area contributed by atoms with Gasteiger partial charge >= 0.3 is 0 Å². The molecule has 4 aromatic rings. The number of aromatic nitrogens is 5. The summed E-state index contributed by atoms with van der Waals surface area (Å²) in [4.78, 5) is 25.5. The first kappa shape index (κ1) is 19.1. The van der Waals surface area contributed by atoms with E-state index in [0.29, 0.717) is 38.4 Å². The minimum atomic E-state index is -0.398. The number of halogens is 1. The standard InChI is InChI=1S/C20H15ClN6OS/c1-11(22)16(15-4-2-3-7-23-15)20-26-17(18(29-20)19-24-10-25-27-19)13-8-12(9-28)5-6-14(13)21/h2-10,16,22H,1H3,(H,24,25,27). The molecule has 0 aliphatic carbocycles. The second-order valence-corrected chi connectivity index (χ2v) is 7.73. The summed E-state index contributed by atoms with van der Waals surface area (Å²) >= 11 is 7.83. The summed E-state index contributed by atoms with van der Waals surface area (Å²) < 4.78 is 0. The summed E-state index contributed by atoms with van der Waals surface area (Å²) in [5, 5.41) is 16.3. The average Bonchev–Trinajstić information content (AvgIpc) is 3.39. The predicted octanol–water partition coefficient (Wildman–Crippen LogP) is 4.63. The highest BCUT2D eigenvalue weighted by atomic mass is 35.5. The Morgan fingerprint density at radius 3 is 2.79 bits per heavy atom. The van der Waals surface area contributed by atoms with Crippen LogP contribution in [0.3, 0.4) is 0 Å². The van der Waals surface area contributed by atoms with Gasteiger partial charge in [-0.3, -0.25) is 14.9 Å². The van der Waals surface area contributed by atoms with Crippen LogP contribution < -0.4 is 0 Å². The molecule has 4 rings (SSSR count). The number of benzene rings is 1. The number of thiazole rings is 1. The minimum Gasteiger partial charge on any atom is -0.309 e. The van der Waals surface area contributed by atoms with E-state index in [4.69, 9.17) is 22.0 Å². The van der Waals surface area contributed by atoms with E-state index in [9.17, 15) is 4.79 Å². The summed E-state index contributed by atoms with van der Waals surface area (Å²) in [6.45, 7) is 1.73. The molecule has 0 fully saturated rings. The molecule has 2 N–H and O–H groups in total. The van der Waals surface area contributed by atoms with Gasteiger partial charge in [-0.1, -0.05) is 23.7 Å². The molecule has 9 heteroatoms. The predicted molar refractivity (Wildman–Crippen MR) is 113 cm³/mol. The maximum atomic E-state index is 11.3. The second kappa shape index (κ2) is 8.02. The molecule has 0 saturated carbocycles. The number of H-pyrrole nitrogens is 1. The Morgan fingerprint density at radius 2 is 2.14 bits per heavy atom. The van der Waals surface area contributed by atoms with Crippen molar-refractivity contribution in [3.05, 3.63) is 70.2 Å². The van der Waals surface area contributed by atoms with Crippen molar-refractivity contribution in [1.82, 2.24) is 25.1 Å². The fourth-order valence-corrected chi connectivity index (χ4v) is 4.41. The van der Waals surface area contributed by atoms with E-state index >= 15 is 0 Å². The zero-order chi connectivity index (χ0) is 20.4. The van der Waals surface area contributed by atoms with Gasteiger partial charge < -0.3 is 5.41 Å². The molecule has 1 unspecified atom stereocenters. The molecule has 1 atom stereocenters. The van der Waals surface area contributed by atoms with Crippen molar-refractivity contribution in [2.45, 2.75) is 12.8 Å². The number of nitrogens with zero attached hydrogens (tertiary/aromatic N) is 4. The topological polar surface area (TPSA) is 108 Å². The summed E-state index contributed by atoms with van der Waals surface area (Å²) in [5.41, 5.74) is 2.84. The minimum absolute atomic E-state index is 0.398. The Labute approximate surface area is 175 Å². The molecule has 3 aromatic heterocycles. The third-order valence-electron chi connectivity index (χ3n) is 4.32. The van der Waals surface area contributed by atoms with Crippen LogP contribution in [0.25, 0.3) is 22.0 Å². The molecular formula is C20H15ClN6OS. The van der Waals surface area contributed by atoms with Crippen LogP contribution in [0.15, 0.2) is 48.9 Å². The van der Waals surface area contributed by atoms with Crippen LogP contribution in [0.1, 0.15) is 33.9 Å². The normalized spacial score (nSPS) is 11.9. The number of hydrogen-bond donors (Lipinski definition) is 2. The lowest BCUT2D eigenvalue weighted by molar-refractivity contribution is 0.112. The number of aromatic amines is 1. The third kappa shape index (κ3) is 3.72. The van der Waals surface area contributed by atoms with Crippen LogP contribution in [0.2, 0.25) is 5.02 Å². The van der Waals surface area contributed by atoms with E-state index in [1.807, 2.05) is 18.2 Å². The second-order valence-electron chi connectivity index (χ2n) is 6.29. The average molecular weight is 423 g/mol. The van der Waals surface area contributed by atoms with Gasteiger partial charge in [0.15, 0.2) is 5.82 Å². The fraction of sp³-hybridized carbons (Fsp3) is 0.100. The van der Waals surface area contributed by atoms with Crippen LogP contribution in [0.4, 0.5) is 0 Å². The van der Waals surface area contributed by atoms with Crippen molar-refractivity contribution < 1.29 is 4.79 Å². The van der Waals surface area contributed by atoms with Crippen molar-refractivity contribution in [3.63, 3.8) is 0 Å². The van der Waals surface area contributed by atoms with Crippen molar-refractivity contribution in [1.29, 1.82) is 5.41 Å². The summed E-state index contributed by atoms with van der Waals surface area (Å²) in [6, 6.07) is 10.6. The monoisotopic (exact) mass is 422 g/mol. The van der Waals surface area contributed by atoms with Crippen molar-refractivity contribution >= 4 is 34.9 Å². The van der Waals surface area contributed by atoms with E-state index in [0.717, 1.165) is 16.9 Å². The first-order chi connectivity index (χ1) is 14.1. The third-order valence-corrected chi connectivity index (χ3v) is 5.78. The lowest BCUT2D eigenvalue weighted by Gasteiger charge is -2.12. The number of rotatable bonds is 6. The zero-order valence-corrected chi connectivity index (χ0v) is 16.8.